The van der Waals surface area contributed by atoms with Crippen LogP contribution in [0.2, 0.25) is 0 Å². The summed E-state index contributed by atoms with van der Waals surface area (Å²) in [7, 11) is 0. The summed E-state index contributed by atoms with van der Waals surface area (Å²) in [6.07, 6.45) is 100. The highest BCUT2D eigenvalue weighted by molar-refractivity contribution is 5.71. The number of carbonyl (C=O) groups excluding carboxylic acids is 3. The third-order valence-electron chi connectivity index (χ3n) is 12.9. The molecule has 0 radical (unpaired) electrons. The molecule has 0 saturated heterocycles. The quantitative estimate of drug-likeness (QED) is 0.0261. The van der Waals surface area contributed by atoms with Gasteiger partial charge in [-0.25, -0.2) is 0 Å². The Bertz CT molecular complexity index is 1900. The fourth-order valence-corrected chi connectivity index (χ4v) is 8.11. The summed E-state index contributed by atoms with van der Waals surface area (Å²) < 4.78 is 16.9. The zero-order chi connectivity index (χ0) is 58.5. The molecule has 0 amide bonds. The van der Waals surface area contributed by atoms with Crippen molar-refractivity contribution in [3.05, 3.63) is 182 Å². The van der Waals surface area contributed by atoms with Crippen LogP contribution in [0.1, 0.15) is 252 Å². The third kappa shape index (κ3) is 65.2. The molecule has 0 aliphatic carbocycles. The fraction of sp³-hybridized carbons (Fsp3) is 0.560. The molecule has 0 aromatic heterocycles. The van der Waals surface area contributed by atoms with E-state index in [9.17, 15) is 14.4 Å². The van der Waals surface area contributed by atoms with Gasteiger partial charge in [-0.05, 0) is 154 Å². The topological polar surface area (TPSA) is 78.9 Å². The Balaban J connectivity index is 4.60. The predicted molar refractivity (Wildman–Crippen MR) is 352 cm³/mol. The maximum absolute atomic E-state index is 12.9. The van der Waals surface area contributed by atoms with Gasteiger partial charge in [0.2, 0.25) is 0 Å². The van der Waals surface area contributed by atoms with Gasteiger partial charge in [-0.3, -0.25) is 14.4 Å². The van der Waals surface area contributed by atoms with Crippen LogP contribution in [-0.4, -0.2) is 37.2 Å². The van der Waals surface area contributed by atoms with Crippen molar-refractivity contribution in [1.29, 1.82) is 0 Å². The summed E-state index contributed by atoms with van der Waals surface area (Å²) in [4.78, 5) is 38.4. The molecule has 0 aromatic rings. The molecule has 1 unspecified atom stereocenters. The van der Waals surface area contributed by atoms with Gasteiger partial charge in [0.15, 0.2) is 6.10 Å². The van der Waals surface area contributed by atoms with Gasteiger partial charge in [-0.1, -0.05) is 261 Å². The Hall–Kier alpha value is -5.49. The van der Waals surface area contributed by atoms with Gasteiger partial charge in [0, 0.05) is 19.3 Å². The van der Waals surface area contributed by atoms with Crippen LogP contribution < -0.4 is 0 Å². The number of ether oxygens (including phenoxy) is 3. The van der Waals surface area contributed by atoms with Crippen LogP contribution in [0.25, 0.3) is 0 Å². The number of rotatable bonds is 56. The first kappa shape index (κ1) is 75.5. The van der Waals surface area contributed by atoms with E-state index in [1.54, 1.807) is 0 Å². The van der Waals surface area contributed by atoms with Gasteiger partial charge in [0.25, 0.3) is 0 Å². The first-order valence-electron chi connectivity index (χ1n) is 32.3. The van der Waals surface area contributed by atoms with E-state index in [0.29, 0.717) is 12.8 Å². The fourth-order valence-electron chi connectivity index (χ4n) is 8.11. The van der Waals surface area contributed by atoms with Crippen LogP contribution in [0.15, 0.2) is 182 Å². The highest BCUT2D eigenvalue weighted by Crippen LogP contribution is 2.13. The van der Waals surface area contributed by atoms with Crippen LogP contribution in [0.3, 0.4) is 0 Å². The second-order valence-electron chi connectivity index (χ2n) is 20.5. The van der Waals surface area contributed by atoms with Crippen LogP contribution in [-0.2, 0) is 28.6 Å². The van der Waals surface area contributed by atoms with Gasteiger partial charge in [-0.15, -0.1) is 0 Å². The normalized spacial score (nSPS) is 13.4. The lowest BCUT2D eigenvalue weighted by atomic mass is 10.1. The van der Waals surface area contributed by atoms with Crippen molar-refractivity contribution < 1.29 is 28.6 Å². The van der Waals surface area contributed by atoms with Crippen LogP contribution in [0.5, 0.6) is 0 Å². The molecule has 6 nitrogen and oxygen atoms in total. The summed E-state index contributed by atoms with van der Waals surface area (Å²) in [6.45, 7) is 6.30. The second kappa shape index (κ2) is 67.0. The molecule has 0 saturated carbocycles. The van der Waals surface area contributed by atoms with E-state index in [2.05, 4.69) is 203 Å². The SMILES string of the molecule is CC/C=C\C/C=C\C/C=C\C/C=C\C/C=C\C/C=C\C/C=C\CCCC(=O)OCC(COC(=O)CCCCCCCC/C=C\C/C=C\C/C=C\CCCCC)OC(=O)CCCCCCC/C=C\C/C=C\C/C=C\C/C=C\C/C=C\CC. The largest absolute Gasteiger partial charge is 0.462 e. The summed E-state index contributed by atoms with van der Waals surface area (Å²) >= 11 is 0. The molecular weight excluding hydrogens is 997 g/mol. The highest BCUT2D eigenvalue weighted by Gasteiger charge is 2.19. The number of unbranched alkanes of at least 4 members (excludes halogenated alkanes) is 15. The molecule has 0 aliphatic heterocycles. The second-order valence-corrected chi connectivity index (χ2v) is 20.5. The van der Waals surface area contributed by atoms with E-state index >= 15 is 0 Å². The summed E-state index contributed by atoms with van der Waals surface area (Å²) in [5, 5.41) is 0. The van der Waals surface area contributed by atoms with Gasteiger partial charge in [0.05, 0.1) is 0 Å². The lowest BCUT2D eigenvalue weighted by Crippen LogP contribution is -2.30. The molecule has 1 atom stereocenters. The van der Waals surface area contributed by atoms with Gasteiger partial charge in [-0.2, -0.15) is 0 Å². The molecular formula is C75H116O6. The average Bonchev–Trinajstić information content (AvgIpc) is 3.47. The molecule has 0 rings (SSSR count). The Labute approximate surface area is 497 Å². The summed E-state index contributed by atoms with van der Waals surface area (Å²) in [5.74, 6) is -1.02. The van der Waals surface area contributed by atoms with E-state index in [1.807, 2.05) is 0 Å². The molecule has 0 bridgehead atoms. The Morgan fingerprint density at radius 1 is 0.259 bits per heavy atom. The van der Waals surface area contributed by atoms with Crippen LogP contribution in [0, 0.1) is 0 Å². The molecule has 0 spiro atoms. The Kier molecular flexibility index (Phi) is 62.5. The molecule has 6 heteroatoms. The van der Waals surface area contributed by atoms with Crippen molar-refractivity contribution in [2.75, 3.05) is 13.2 Å². The Morgan fingerprint density at radius 3 is 0.802 bits per heavy atom. The van der Waals surface area contributed by atoms with E-state index in [0.717, 1.165) is 167 Å². The summed E-state index contributed by atoms with van der Waals surface area (Å²) in [6, 6.07) is 0. The smallest absolute Gasteiger partial charge is 0.306 e. The minimum Gasteiger partial charge on any atom is -0.462 e. The van der Waals surface area contributed by atoms with E-state index in [4.69, 9.17) is 14.2 Å². The van der Waals surface area contributed by atoms with Crippen molar-refractivity contribution in [1.82, 2.24) is 0 Å². The first-order valence-corrected chi connectivity index (χ1v) is 32.3. The highest BCUT2D eigenvalue weighted by atomic mass is 16.6. The maximum Gasteiger partial charge on any atom is 0.306 e. The van der Waals surface area contributed by atoms with Crippen LogP contribution >= 0.6 is 0 Å². The number of carbonyl (C=O) groups is 3. The Morgan fingerprint density at radius 2 is 0.494 bits per heavy atom. The molecule has 0 N–H and O–H groups in total. The zero-order valence-corrected chi connectivity index (χ0v) is 51.7. The van der Waals surface area contributed by atoms with Crippen molar-refractivity contribution in [2.24, 2.45) is 0 Å². The monoisotopic (exact) mass is 1110 g/mol. The minimum absolute atomic E-state index is 0.121. The lowest BCUT2D eigenvalue weighted by molar-refractivity contribution is -0.167. The molecule has 0 heterocycles. The van der Waals surface area contributed by atoms with Gasteiger partial charge >= 0.3 is 17.9 Å². The molecule has 81 heavy (non-hydrogen) atoms. The predicted octanol–water partition coefficient (Wildman–Crippen LogP) is 22.4. The zero-order valence-electron chi connectivity index (χ0n) is 51.7. The standard InChI is InChI=1S/C75H116O6/c1-4-7-10-13-16-19-22-25-28-31-34-36-37-39-41-44-47-50-53-56-59-62-65-68-74(77)80-71-72(70-79-73(76)67-64-61-58-55-52-49-46-43-40-33-30-27-24-21-18-15-12-9-6-3)81-75(78)69-66-63-60-57-54-51-48-45-42-38-35-32-29-26-23-20-17-14-11-8-5-2/h7-8,10-11,16-21,25-30,34-36,38-41,43,45,47-48,50,56,59,72H,4-6,9,12-15,22-24,31-33,37,42,44,46,49,51-55,57-58,60-71H2,1-3H3/b10-7-,11-8-,19-16-,20-17-,21-18-,28-25-,29-26-,30-27-,36-34-,38-35-,41-39-,43-40-,48-45-,50-47-,59-56-. The van der Waals surface area contributed by atoms with Gasteiger partial charge in [0.1, 0.15) is 13.2 Å². The first-order chi connectivity index (χ1) is 40.0. The molecule has 0 fully saturated rings. The number of esters is 3. The van der Waals surface area contributed by atoms with E-state index in [-0.39, 0.29) is 44.0 Å². The van der Waals surface area contributed by atoms with Crippen molar-refractivity contribution >= 4 is 17.9 Å². The number of hydrogen-bond acceptors (Lipinski definition) is 6. The summed E-state index contributed by atoms with van der Waals surface area (Å²) in [5.41, 5.74) is 0. The average molecular weight is 1110 g/mol. The molecule has 452 valence electrons. The number of hydrogen-bond donors (Lipinski definition) is 0. The maximum atomic E-state index is 12.9. The van der Waals surface area contributed by atoms with Crippen LogP contribution in [0.4, 0.5) is 0 Å². The number of allylic oxidation sites excluding steroid dienone is 30. The van der Waals surface area contributed by atoms with Crippen molar-refractivity contribution in [3.8, 4) is 0 Å². The minimum atomic E-state index is -0.831. The molecule has 0 aliphatic rings. The van der Waals surface area contributed by atoms with E-state index < -0.39 is 6.10 Å². The molecule has 0 aromatic carbocycles. The lowest BCUT2D eigenvalue weighted by Gasteiger charge is -2.18. The van der Waals surface area contributed by atoms with Crippen molar-refractivity contribution in [2.45, 2.75) is 258 Å². The van der Waals surface area contributed by atoms with E-state index in [1.165, 1.54) is 38.5 Å². The van der Waals surface area contributed by atoms with Gasteiger partial charge < -0.3 is 14.2 Å². The third-order valence-corrected chi connectivity index (χ3v) is 12.9. The van der Waals surface area contributed by atoms with Crippen molar-refractivity contribution in [3.63, 3.8) is 0 Å².